The number of rotatable bonds is 3. The molecule has 3 rings (SSSR count). The zero-order valence-corrected chi connectivity index (χ0v) is 14.1. The van der Waals surface area contributed by atoms with Crippen molar-refractivity contribution in [2.75, 3.05) is 13.1 Å². The molecule has 0 radical (unpaired) electrons. The number of aromatic nitrogens is 1. The van der Waals surface area contributed by atoms with E-state index in [0.29, 0.717) is 23.7 Å². The first-order valence-corrected chi connectivity index (χ1v) is 8.19. The molecule has 1 aliphatic heterocycles. The smallest absolute Gasteiger partial charge is 0.253 e. The number of amides is 2. The molecule has 24 heavy (non-hydrogen) atoms. The van der Waals surface area contributed by atoms with Gasteiger partial charge < -0.3 is 10.2 Å². The molecule has 1 aromatic carbocycles. The Morgan fingerprint density at radius 2 is 2.12 bits per heavy atom. The molecule has 1 N–H and O–H groups in total. The van der Waals surface area contributed by atoms with Gasteiger partial charge in [0.2, 0.25) is 5.91 Å². The van der Waals surface area contributed by atoms with E-state index in [9.17, 15) is 9.59 Å². The molecule has 2 heterocycles. The first kappa shape index (κ1) is 16.5. The van der Waals surface area contributed by atoms with Crippen molar-refractivity contribution in [3.63, 3.8) is 0 Å². The van der Waals surface area contributed by atoms with Gasteiger partial charge in [0.15, 0.2) is 0 Å². The number of pyridine rings is 1. The van der Waals surface area contributed by atoms with Crippen molar-refractivity contribution < 1.29 is 9.59 Å². The lowest BCUT2D eigenvalue weighted by molar-refractivity contribution is -0.127. The van der Waals surface area contributed by atoms with Crippen molar-refractivity contribution in [2.24, 2.45) is 0 Å². The molecule has 0 bridgehead atoms. The maximum absolute atomic E-state index is 12.6. The summed E-state index contributed by atoms with van der Waals surface area (Å²) in [5.74, 6) is -0.199. The maximum Gasteiger partial charge on any atom is 0.253 e. The van der Waals surface area contributed by atoms with Gasteiger partial charge in [0.25, 0.3) is 5.91 Å². The summed E-state index contributed by atoms with van der Waals surface area (Å²) >= 11 is 6.20. The van der Waals surface area contributed by atoms with Crippen LogP contribution in [0.4, 0.5) is 0 Å². The highest BCUT2D eigenvalue weighted by atomic mass is 35.5. The average molecular weight is 344 g/mol. The van der Waals surface area contributed by atoms with Gasteiger partial charge in [0, 0.05) is 37.8 Å². The number of carbonyl (C=O) groups excluding carboxylic acids is 2. The number of benzene rings is 1. The third-order valence-electron chi connectivity index (χ3n) is 4.14. The molecular formula is C18H18ClN3O2. The van der Waals surface area contributed by atoms with Crippen LogP contribution in [0.5, 0.6) is 0 Å². The number of likely N-dealkylation sites (tertiary alicyclic amines) is 1. The summed E-state index contributed by atoms with van der Waals surface area (Å²) in [6.07, 6.45) is 2.46. The molecule has 1 aromatic heterocycles. The SMILES string of the molecule is CC(=O)N1CC[C@H](NC(=O)c2cc(-c3ccccn3)ccc2Cl)C1. The summed E-state index contributed by atoms with van der Waals surface area (Å²) in [6.45, 7) is 2.75. The van der Waals surface area contributed by atoms with E-state index in [-0.39, 0.29) is 17.9 Å². The van der Waals surface area contributed by atoms with Crippen molar-refractivity contribution in [3.05, 3.63) is 53.2 Å². The molecule has 124 valence electrons. The fraction of sp³-hybridized carbons (Fsp3) is 0.278. The van der Waals surface area contributed by atoms with Gasteiger partial charge in [-0.3, -0.25) is 14.6 Å². The topological polar surface area (TPSA) is 62.3 Å². The standard InChI is InChI=1S/C18H18ClN3O2/c1-12(23)22-9-7-14(11-22)21-18(24)15-10-13(5-6-16(15)19)17-4-2-3-8-20-17/h2-6,8,10,14H,7,9,11H2,1H3,(H,21,24)/t14-/m0/s1. The summed E-state index contributed by atoms with van der Waals surface area (Å²) < 4.78 is 0. The molecule has 2 amide bonds. The van der Waals surface area contributed by atoms with Crippen LogP contribution in [-0.4, -0.2) is 40.8 Å². The highest BCUT2D eigenvalue weighted by Crippen LogP contribution is 2.24. The highest BCUT2D eigenvalue weighted by molar-refractivity contribution is 6.34. The molecule has 1 aliphatic rings. The zero-order valence-electron chi connectivity index (χ0n) is 13.3. The van der Waals surface area contributed by atoms with E-state index in [4.69, 9.17) is 11.6 Å². The van der Waals surface area contributed by atoms with E-state index < -0.39 is 0 Å². The number of nitrogens with one attached hydrogen (secondary N) is 1. The van der Waals surface area contributed by atoms with Crippen molar-refractivity contribution in [2.45, 2.75) is 19.4 Å². The van der Waals surface area contributed by atoms with Crippen LogP contribution in [0.15, 0.2) is 42.6 Å². The quantitative estimate of drug-likeness (QED) is 0.932. The predicted octanol–water partition coefficient (Wildman–Crippen LogP) is 2.75. The summed E-state index contributed by atoms with van der Waals surface area (Å²) in [5, 5.41) is 3.36. The number of halogens is 1. The minimum atomic E-state index is -0.229. The van der Waals surface area contributed by atoms with Gasteiger partial charge in [-0.25, -0.2) is 0 Å². The Balaban J connectivity index is 1.76. The monoisotopic (exact) mass is 343 g/mol. The third-order valence-corrected chi connectivity index (χ3v) is 4.47. The van der Waals surface area contributed by atoms with Crippen LogP contribution in [-0.2, 0) is 4.79 Å². The number of hydrogen-bond acceptors (Lipinski definition) is 3. The number of hydrogen-bond donors (Lipinski definition) is 1. The molecule has 0 spiro atoms. The van der Waals surface area contributed by atoms with Gasteiger partial charge in [-0.05, 0) is 30.7 Å². The Morgan fingerprint density at radius 3 is 2.79 bits per heavy atom. The first-order valence-electron chi connectivity index (χ1n) is 7.82. The van der Waals surface area contributed by atoms with Gasteiger partial charge in [-0.2, -0.15) is 0 Å². The van der Waals surface area contributed by atoms with Crippen LogP contribution in [0.3, 0.4) is 0 Å². The highest BCUT2D eigenvalue weighted by Gasteiger charge is 2.26. The Morgan fingerprint density at radius 1 is 1.29 bits per heavy atom. The molecule has 0 unspecified atom stereocenters. The van der Waals surface area contributed by atoms with Gasteiger partial charge in [0.05, 0.1) is 16.3 Å². The van der Waals surface area contributed by atoms with Gasteiger partial charge in [-0.1, -0.05) is 23.7 Å². The fourth-order valence-corrected chi connectivity index (χ4v) is 3.02. The number of nitrogens with zero attached hydrogens (tertiary/aromatic N) is 2. The average Bonchev–Trinajstić information content (AvgIpc) is 3.05. The molecule has 1 atom stereocenters. The Hall–Kier alpha value is -2.40. The number of carbonyl (C=O) groups is 2. The second-order valence-corrected chi connectivity index (χ2v) is 6.24. The Labute approximate surface area is 145 Å². The molecule has 1 fully saturated rings. The summed E-state index contributed by atoms with van der Waals surface area (Å²) in [4.78, 5) is 30.0. The van der Waals surface area contributed by atoms with Gasteiger partial charge >= 0.3 is 0 Å². The molecule has 6 heteroatoms. The minimum Gasteiger partial charge on any atom is -0.347 e. The van der Waals surface area contributed by atoms with Crippen LogP contribution in [0.1, 0.15) is 23.7 Å². The zero-order chi connectivity index (χ0) is 17.1. The van der Waals surface area contributed by atoms with Crippen LogP contribution in [0, 0.1) is 0 Å². The summed E-state index contributed by atoms with van der Waals surface area (Å²) in [6, 6.07) is 10.9. The molecule has 5 nitrogen and oxygen atoms in total. The van der Waals surface area contributed by atoms with E-state index in [0.717, 1.165) is 17.7 Å². The van der Waals surface area contributed by atoms with Crippen molar-refractivity contribution >= 4 is 23.4 Å². The van der Waals surface area contributed by atoms with Crippen molar-refractivity contribution in [1.82, 2.24) is 15.2 Å². The fourth-order valence-electron chi connectivity index (χ4n) is 2.82. The minimum absolute atomic E-state index is 0.0296. The molecule has 2 aromatic rings. The Bertz CT molecular complexity index is 764. The van der Waals surface area contributed by atoms with Crippen LogP contribution in [0.25, 0.3) is 11.3 Å². The summed E-state index contributed by atoms with van der Waals surface area (Å²) in [7, 11) is 0. The molecular weight excluding hydrogens is 326 g/mol. The van der Waals surface area contributed by atoms with Crippen molar-refractivity contribution in [1.29, 1.82) is 0 Å². The summed E-state index contributed by atoms with van der Waals surface area (Å²) in [5.41, 5.74) is 2.04. The van der Waals surface area contributed by atoms with Gasteiger partial charge in [0.1, 0.15) is 0 Å². The van der Waals surface area contributed by atoms with E-state index in [1.165, 1.54) is 6.92 Å². The van der Waals surface area contributed by atoms with Crippen molar-refractivity contribution in [3.8, 4) is 11.3 Å². The van der Waals surface area contributed by atoms with Crippen LogP contribution >= 0.6 is 11.6 Å². The largest absolute Gasteiger partial charge is 0.347 e. The maximum atomic E-state index is 12.6. The predicted molar refractivity (Wildman–Crippen MR) is 92.8 cm³/mol. The Kier molecular flexibility index (Phi) is 4.81. The van der Waals surface area contributed by atoms with E-state index >= 15 is 0 Å². The van der Waals surface area contributed by atoms with Crippen LogP contribution < -0.4 is 5.32 Å². The first-order chi connectivity index (χ1) is 11.5. The van der Waals surface area contributed by atoms with Gasteiger partial charge in [-0.15, -0.1) is 0 Å². The van der Waals surface area contributed by atoms with Crippen LogP contribution in [0.2, 0.25) is 5.02 Å². The lowest BCUT2D eigenvalue weighted by Gasteiger charge is -2.16. The molecule has 1 saturated heterocycles. The second-order valence-electron chi connectivity index (χ2n) is 5.83. The van der Waals surface area contributed by atoms with E-state index in [1.54, 1.807) is 23.2 Å². The second kappa shape index (κ2) is 7.01. The molecule has 0 saturated carbocycles. The normalized spacial score (nSPS) is 16.9. The van der Waals surface area contributed by atoms with E-state index in [1.807, 2.05) is 24.3 Å². The van der Waals surface area contributed by atoms with E-state index in [2.05, 4.69) is 10.3 Å². The molecule has 0 aliphatic carbocycles. The third kappa shape index (κ3) is 3.57. The lowest BCUT2D eigenvalue weighted by atomic mass is 10.1. The lowest BCUT2D eigenvalue weighted by Crippen LogP contribution is -2.38.